The summed E-state index contributed by atoms with van der Waals surface area (Å²) in [6.07, 6.45) is 1.83. The van der Waals surface area contributed by atoms with E-state index in [1.807, 2.05) is 31.3 Å². The van der Waals surface area contributed by atoms with Gasteiger partial charge in [-0.15, -0.1) is 0 Å². The molecule has 0 aliphatic carbocycles. The van der Waals surface area contributed by atoms with Gasteiger partial charge in [0.15, 0.2) is 0 Å². The molecule has 0 N–H and O–H groups in total. The molecule has 0 bridgehead atoms. The predicted molar refractivity (Wildman–Crippen MR) is 89.6 cm³/mol. The molecule has 1 unspecified atom stereocenters. The molecular formula is C17H23N5O. The summed E-state index contributed by atoms with van der Waals surface area (Å²) in [5.41, 5.74) is 1.04. The summed E-state index contributed by atoms with van der Waals surface area (Å²) in [7, 11) is 1.65. The van der Waals surface area contributed by atoms with Gasteiger partial charge >= 0.3 is 0 Å². The van der Waals surface area contributed by atoms with Crippen LogP contribution in [0.15, 0.2) is 30.5 Å². The molecule has 0 amide bonds. The summed E-state index contributed by atoms with van der Waals surface area (Å²) in [6, 6.07) is 8.34. The van der Waals surface area contributed by atoms with Crippen molar-refractivity contribution in [3.05, 3.63) is 42.0 Å². The van der Waals surface area contributed by atoms with Gasteiger partial charge in [0.2, 0.25) is 5.88 Å². The molecule has 3 rings (SSSR count). The third-order valence-corrected chi connectivity index (χ3v) is 4.21. The molecule has 6 heteroatoms. The Labute approximate surface area is 137 Å². The molecular weight excluding hydrogens is 290 g/mol. The highest BCUT2D eigenvalue weighted by atomic mass is 16.5. The lowest BCUT2D eigenvalue weighted by molar-refractivity contribution is 0.178. The molecule has 1 aliphatic heterocycles. The molecule has 0 saturated carbocycles. The average molecular weight is 313 g/mol. The molecule has 1 atom stereocenters. The predicted octanol–water partition coefficient (Wildman–Crippen LogP) is 1.90. The Balaban J connectivity index is 1.64. The van der Waals surface area contributed by atoms with Crippen molar-refractivity contribution in [1.82, 2.24) is 19.9 Å². The van der Waals surface area contributed by atoms with Crippen LogP contribution in [-0.4, -0.2) is 52.6 Å². The number of aromatic nitrogens is 3. The first-order chi connectivity index (χ1) is 11.2. The second-order valence-corrected chi connectivity index (χ2v) is 5.90. The molecule has 6 nitrogen and oxygen atoms in total. The van der Waals surface area contributed by atoms with Crippen molar-refractivity contribution in [3.63, 3.8) is 0 Å². The number of piperazine rings is 1. The second-order valence-electron chi connectivity index (χ2n) is 5.90. The van der Waals surface area contributed by atoms with E-state index in [9.17, 15) is 0 Å². The van der Waals surface area contributed by atoms with E-state index >= 15 is 0 Å². The van der Waals surface area contributed by atoms with Gasteiger partial charge in [0.25, 0.3) is 0 Å². The van der Waals surface area contributed by atoms with E-state index in [1.54, 1.807) is 7.11 Å². The molecule has 1 fully saturated rings. The molecule has 0 spiro atoms. The lowest BCUT2D eigenvalue weighted by Gasteiger charge is -2.40. The number of hydrogen-bond donors (Lipinski definition) is 0. The van der Waals surface area contributed by atoms with E-state index in [1.165, 1.54) is 0 Å². The van der Waals surface area contributed by atoms with Crippen molar-refractivity contribution < 1.29 is 4.74 Å². The Morgan fingerprint density at radius 2 is 2.09 bits per heavy atom. The molecule has 122 valence electrons. The molecule has 2 aromatic rings. The number of methoxy groups -OCH3 is 1. The Bertz CT molecular complexity index is 663. The third kappa shape index (κ3) is 3.76. The van der Waals surface area contributed by atoms with Crippen molar-refractivity contribution in [2.75, 3.05) is 31.6 Å². The van der Waals surface area contributed by atoms with Gasteiger partial charge in [0.1, 0.15) is 11.6 Å². The second kappa shape index (κ2) is 6.91. The minimum atomic E-state index is 0.437. The lowest BCUT2D eigenvalue weighted by atomic mass is 10.1. The zero-order chi connectivity index (χ0) is 16.2. The van der Waals surface area contributed by atoms with Gasteiger partial charge < -0.3 is 9.64 Å². The van der Waals surface area contributed by atoms with Crippen LogP contribution in [0.2, 0.25) is 0 Å². The third-order valence-electron chi connectivity index (χ3n) is 4.21. The number of hydrogen-bond acceptors (Lipinski definition) is 6. The van der Waals surface area contributed by atoms with Crippen molar-refractivity contribution >= 4 is 5.82 Å². The lowest BCUT2D eigenvalue weighted by Crippen LogP contribution is -2.51. The molecule has 1 saturated heterocycles. The van der Waals surface area contributed by atoms with E-state index < -0.39 is 0 Å². The minimum Gasteiger partial charge on any atom is -0.481 e. The van der Waals surface area contributed by atoms with Gasteiger partial charge in [-0.3, -0.25) is 4.90 Å². The van der Waals surface area contributed by atoms with Gasteiger partial charge in [-0.1, -0.05) is 6.07 Å². The zero-order valence-electron chi connectivity index (χ0n) is 13.9. The van der Waals surface area contributed by atoms with Crippen LogP contribution in [-0.2, 0) is 6.54 Å². The largest absolute Gasteiger partial charge is 0.481 e. The summed E-state index contributed by atoms with van der Waals surface area (Å²) < 4.78 is 5.20. The van der Waals surface area contributed by atoms with Crippen LogP contribution in [0.1, 0.15) is 18.4 Å². The zero-order valence-corrected chi connectivity index (χ0v) is 13.9. The fourth-order valence-corrected chi connectivity index (χ4v) is 2.93. The number of anilines is 1. The monoisotopic (exact) mass is 313 g/mol. The smallest absolute Gasteiger partial charge is 0.213 e. The van der Waals surface area contributed by atoms with Crippen molar-refractivity contribution in [2.24, 2.45) is 0 Å². The van der Waals surface area contributed by atoms with Crippen LogP contribution in [0.4, 0.5) is 5.82 Å². The summed E-state index contributed by atoms with van der Waals surface area (Å²) >= 11 is 0. The van der Waals surface area contributed by atoms with Crippen LogP contribution >= 0.6 is 0 Å². The number of ether oxygens (including phenoxy) is 1. The van der Waals surface area contributed by atoms with Gasteiger partial charge in [-0.2, -0.15) is 0 Å². The normalized spacial score (nSPS) is 18.9. The maximum Gasteiger partial charge on any atom is 0.213 e. The highest BCUT2D eigenvalue weighted by molar-refractivity contribution is 5.38. The summed E-state index contributed by atoms with van der Waals surface area (Å²) in [5, 5.41) is 0. The highest BCUT2D eigenvalue weighted by Gasteiger charge is 2.25. The van der Waals surface area contributed by atoms with E-state index in [0.29, 0.717) is 11.9 Å². The molecule has 2 aromatic heterocycles. The van der Waals surface area contributed by atoms with E-state index in [2.05, 4.69) is 37.7 Å². The van der Waals surface area contributed by atoms with E-state index in [0.717, 1.165) is 43.5 Å². The van der Waals surface area contributed by atoms with Crippen LogP contribution in [0.5, 0.6) is 5.88 Å². The summed E-state index contributed by atoms with van der Waals surface area (Å²) in [6.45, 7) is 7.93. The van der Waals surface area contributed by atoms with Crippen LogP contribution < -0.4 is 9.64 Å². The molecule has 23 heavy (non-hydrogen) atoms. The fourth-order valence-electron chi connectivity index (χ4n) is 2.93. The first-order valence-corrected chi connectivity index (χ1v) is 7.94. The quantitative estimate of drug-likeness (QED) is 0.859. The molecule has 3 heterocycles. The first kappa shape index (κ1) is 15.7. The van der Waals surface area contributed by atoms with E-state index in [4.69, 9.17) is 4.74 Å². The molecule has 1 aliphatic rings. The Hall–Kier alpha value is -2.21. The van der Waals surface area contributed by atoms with Crippen LogP contribution in [0.3, 0.4) is 0 Å². The van der Waals surface area contributed by atoms with Gasteiger partial charge in [0.05, 0.1) is 12.8 Å². The summed E-state index contributed by atoms with van der Waals surface area (Å²) in [4.78, 5) is 18.0. The SMILES string of the molecule is COc1cccc(CN2CCN(c3ccnc(C)n3)CC2C)n1. The van der Waals surface area contributed by atoms with E-state index in [-0.39, 0.29) is 0 Å². The maximum atomic E-state index is 5.20. The average Bonchev–Trinajstić information content (AvgIpc) is 2.57. The van der Waals surface area contributed by atoms with Crippen molar-refractivity contribution in [2.45, 2.75) is 26.4 Å². The standard InChI is InChI=1S/C17H23N5O/c1-13-11-22(16-7-8-18-14(2)19-16)10-9-21(13)12-15-5-4-6-17(20-15)23-3/h4-8,13H,9-12H2,1-3H3. The van der Waals surface area contributed by atoms with Crippen LogP contribution in [0.25, 0.3) is 0 Å². The minimum absolute atomic E-state index is 0.437. The Kier molecular flexibility index (Phi) is 4.71. The van der Waals surface area contributed by atoms with Gasteiger partial charge in [-0.05, 0) is 26.0 Å². The molecule has 0 aromatic carbocycles. The van der Waals surface area contributed by atoms with Gasteiger partial charge in [-0.25, -0.2) is 15.0 Å². The maximum absolute atomic E-state index is 5.20. The van der Waals surface area contributed by atoms with Crippen molar-refractivity contribution in [3.8, 4) is 5.88 Å². The Morgan fingerprint density at radius 3 is 2.83 bits per heavy atom. The number of rotatable bonds is 4. The summed E-state index contributed by atoms with van der Waals surface area (Å²) in [5.74, 6) is 2.51. The number of pyridine rings is 1. The fraction of sp³-hybridized carbons (Fsp3) is 0.471. The van der Waals surface area contributed by atoms with Crippen molar-refractivity contribution in [1.29, 1.82) is 0 Å². The first-order valence-electron chi connectivity index (χ1n) is 7.94. The molecule has 0 radical (unpaired) electrons. The topological polar surface area (TPSA) is 54.4 Å². The highest BCUT2D eigenvalue weighted by Crippen LogP contribution is 2.19. The van der Waals surface area contributed by atoms with Crippen LogP contribution in [0, 0.1) is 6.92 Å². The number of aryl methyl sites for hydroxylation is 1. The number of nitrogens with zero attached hydrogens (tertiary/aromatic N) is 5. The Morgan fingerprint density at radius 1 is 1.22 bits per heavy atom. The van der Waals surface area contributed by atoms with Gasteiger partial charge in [0, 0.05) is 44.5 Å².